The summed E-state index contributed by atoms with van der Waals surface area (Å²) < 4.78 is 12.0. The van der Waals surface area contributed by atoms with Crippen LogP contribution in [0.4, 0.5) is 4.79 Å². The number of likely N-dealkylation sites (tertiary alicyclic amines) is 1. The van der Waals surface area contributed by atoms with Gasteiger partial charge in [0.05, 0.1) is 0 Å². The Bertz CT molecular complexity index is 1020. The molecule has 4 rings (SSSR count). The van der Waals surface area contributed by atoms with E-state index in [4.69, 9.17) is 9.47 Å². The number of fused-ring (bicyclic) bond motifs is 1. The zero-order valence-corrected chi connectivity index (χ0v) is 20.5. The molecule has 3 atom stereocenters. The van der Waals surface area contributed by atoms with E-state index in [9.17, 15) is 14.7 Å². The minimum Gasteiger partial charge on any atom is -0.486 e. The van der Waals surface area contributed by atoms with Gasteiger partial charge < -0.3 is 19.9 Å². The van der Waals surface area contributed by atoms with E-state index >= 15 is 0 Å². The number of rotatable bonds is 8. The summed E-state index contributed by atoms with van der Waals surface area (Å²) in [5.74, 6) is 1.26. The first-order chi connectivity index (χ1) is 17.0. The van der Waals surface area contributed by atoms with E-state index in [1.54, 1.807) is 6.92 Å². The van der Waals surface area contributed by atoms with E-state index in [0.29, 0.717) is 31.7 Å². The van der Waals surface area contributed by atoms with Crippen molar-refractivity contribution in [1.29, 1.82) is 0 Å². The van der Waals surface area contributed by atoms with Crippen LogP contribution in [-0.4, -0.2) is 71.8 Å². The molecule has 8 heteroatoms. The highest BCUT2D eigenvalue weighted by Crippen LogP contribution is 2.34. The molecule has 1 saturated heterocycles. The van der Waals surface area contributed by atoms with Gasteiger partial charge in [-0.1, -0.05) is 49.4 Å². The summed E-state index contributed by atoms with van der Waals surface area (Å²) in [6, 6.07) is 16.8. The molecule has 2 aromatic rings. The number of para-hydroxylation sites is 2. The molecule has 2 N–H and O–H groups in total. The number of piperidine rings is 1. The highest BCUT2D eigenvalue weighted by molar-refractivity contribution is 5.91. The van der Waals surface area contributed by atoms with Crippen LogP contribution in [0.1, 0.15) is 38.7 Å². The zero-order chi connectivity index (χ0) is 24.8. The molecule has 1 fully saturated rings. The lowest BCUT2D eigenvalue weighted by molar-refractivity contribution is -0.134. The number of carbonyl (C=O) groups is 2. The number of carbonyl (C=O) groups excluding carboxylic acids is 1. The monoisotopic (exact) mass is 481 g/mol. The average Bonchev–Trinajstić information content (AvgIpc) is 2.87. The van der Waals surface area contributed by atoms with Crippen molar-refractivity contribution in [2.45, 2.75) is 50.8 Å². The van der Waals surface area contributed by atoms with Crippen molar-refractivity contribution in [3.63, 3.8) is 0 Å². The number of ether oxygens (including phenoxy) is 2. The van der Waals surface area contributed by atoms with Gasteiger partial charge in [-0.3, -0.25) is 14.6 Å². The Balaban J connectivity index is 1.46. The van der Waals surface area contributed by atoms with Gasteiger partial charge >= 0.3 is 6.09 Å². The molecule has 35 heavy (non-hydrogen) atoms. The highest BCUT2D eigenvalue weighted by atomic mass is 16.6. The summed E-state index contributed by atoms with van der Waals surface area (Å²) in [4.78, 5) is 29.5. The summed E-state index contributed by atoms with van der Waals surface area (Å²) in [7, 11) is 0. The molecule has 2 heterocycles. The lowest BCUT2D eigenvalue weighted by atomic mass is 9.83. The predicted octanol–water partition coefficient (Wildman–Crippen LogP) is 3.71. The first-order valence-electron chi connectivity index (χ1n) is 12.5. The summed E-state index contributed by atoms with van der Waals surface area (Å²) in [6.45, 7) is 6.63. The van der Waals surface area contributed by atoms with Crippen molar-refractivity contribution in [2.24, 2.45) is 0 Å². The Hall–Kier alpha value is -3.26. The standard InChI is InChI=1S/C27H35N3O5/c1-3-27(30(4-2)26(32)33,20-11-6-5-7-12-20)25(31)28-21-13-10-16-29(17-21)18-22-19-34-23-14-8-9-15-24(23)35-22/h5-9,11-12,14-15,21-22H,3-4,10,13,16-19H2,1-2H3,(H,28,31)(H,32,33)/t21-,22-,27?/m0/s1. The molecule has 1 unspecified atom stereocenters. The maximum Gasteiger partial charge on any atom is 0.408 e. The molecule has 0 spiro atoms. The SMILES string of the molecule is CCN(C(=O)O)C(CC)(C(=O)N[C@H]1CCCN(C[C@H]2COc3ccccc3O2)C1)c1ccccc1. The number of carboxylic acid groups (broad SMARTS) is 1. The van der Waals surface area contributed by atoms with Crippen LogP contribution >= 0.6 is 0 Å². The Morgan fingerprint density at radius 2 is 1.83 bits per heavy atom. The molecule has 0 aromatic heterocycles. The van der Waals surface area contributed by atoms with E-state index in [1.165, 1.54) is 4.90 Å². The molecule has 0 radical (unpaired) electrons. The number of likely N-dealkylation sites (N-methyl/N-ethyl adjacent to an activating group) is 1. The number of nitrogens with zero attached hydrogens (tertiary/aromatic N) is 2. The maximum atomic E-state index is 13.8. The van der Waals surface area contributed by atoms with E-state index in [-0.39, 0.29) is 24.6 Å². The van der Waals surface area contributed by atoms with Crippen LogP contribution in [0.15, 0.2) is 54.6 Å². The molecule has 0 saturated carbocycles. The second kappa shape index (κ2) is 11.0. The van der Waals surface area contributed by atoms with E-state index < -0.39 is 11.6 Å². The Morgan fingerprint density at radius 1 is 1.11 bits per heavy atom. The fourth-order valence-corrected chi connectivity index (χ4v) is 5.33. The molecule has 2 aromatic carbocycles. The van der Waals surface area contributed by atoms with Crippen molar-refractivity contribution in [3.05, 3.63) is 60.2 Å². The number of hydrogen-bond donors (Lipinski definition) is 2. The zero-order valence-electron chi connectivity index (χ0n) is 20.5. The lowest BCUT2D eigenvalue weighted by Gasteiger charge is -2.42. The second-order valence-corrected chi connectivity index (χ2v) is 9.18. The maximum absolute atomic E-state index is 13.8. The second-order valence-electron chi connectivity index (χ2n) is 9.18. The third-order valence-electron chi connectivity index (χ3n) is 7.02. The fraction of sp³-hybridized carbons (Fsp3) is 0.481. The van der Waals surface area contributed by atoms with Crippen LogP contribution in [0.3, 0.4) is 0 Å². The topological polar surface area (TPSA) is 91.3 Å². The van der Waals surface area contributed by atoms with E-state index in [1.807, 2.05) is 61.5 Å². The summed E-state index contributed by atoms with van der Waals surface area (Å²) in [5.41, 5.74) is -0.600. The van der Waals surface area contributed by atoms with Gasteiger partial charge in [0.1, 0.15) is 18.2 Å². The largest absolute Gasteiger partial charge is 0.486 e. The molecule has 0 aliphatic carbocycles. The van der Waals surface area contributed by atoms with E-state index in [2.05, 4.69) is 10.2 Å². The predicted molar refractivity (Wildman–Crippen MR) is 133 cm³/mol. The normalized spacial score (nSPS) is 21.5. The van der Waals surface area contributed by atoms with Crippen LogP contribution in [0.25, 0.3) is 0 Å². The molecule has 2 aliphatic rings. The molecular weight excluding hydrogens is 446 g/mol. The van der Waals surface area contributed by atoms with Crippen LogP contribution in [0.5, 0.6) is 11.5 Å². The summed E-state index contributed by atoms with van der Waals surface area (Å²) in [6.07, 6.45) is 0.942. The van der Waals surface area contributed by atoms with Crippen LogP contribution in [0.2, 0.25) is 0 Å². The van der Waals surface area contributed by atoms with Crippen molar-refractivity contribution >= 4 is 12.0 Å². The van der Waals surface area contributed by atoms with Crippen LogP contribution < -0.4 is 14.8 Å². The third kappa shape index (κ3) is 5.22. The van der Waals surface area contributed by atoms with Gasteiger partial charge in [-0.25, -0.2) is 4.79 Å². The molecular formula is C27H35N3O5. The van der Waals surface area contributed by atoms with Crippen LogP contribution in [0, 0.1) is 0 Å². The van der Waals surface area contributed by atoms with Gasteiger partial charge in [0.2, 0.25) is 0 Å². The smallest absolute Gasteiger partial charge is 0.408 e. The Kier molecular flexibility index (Phi) is 7.80. The number of nitrogens with one attached hydrogen (secondary N) is 1. The Morgan fingerprint density at radius 3 is 2.51 bits per heavy atom. The van der Waals surface area contributed by atoms with Gasteiger partial charge in [-0.05, 0) is 50.4 Å². The van der Waals surface area contributed by atoms with Gasteiger partial charge in [-0.15, -0.1) is 0 Å². The number of benzene rings is 2. The number of hydrogen-bond acceptors (Lipinski definition) is 5. The molecule has 2 aliphatic heterocycles. The van der Waals surface area contributed by atoms with Crippen LogP contribution in [-0.2, 0) is 10.3 Å². The van der Waals surface area contributed by atoms with Crippen molar-refractivity contribution < 1.29 is 24.2 Å². The molecule has 2 amide bonds. The summed E-state index contributed by atoms with van der Waals surface area (Å²) >= 11 is 0. The van der Waals surface area contributed by atoms with Crippen molar-refractivity contribution in [3.8, 4) is 11.5 Å². The van der Waals surface area contributed by atoms with Gasteiger partial charge in [-0.2, -0.15) is 0 Å². The van der Waals surface area contributed by atoms with Gasteiger partial charge in [0.15, 0.2) is 11.5 Å². The van der Waals surface area contributed by atoms with Crippen molar-refractivity contribution in [2.75, 3.05) is 32.8 Å². The third-order valence-corrected chi connectivity index (χ3v) is 7.02. The Labute approximate surface area is 206 Å². The lowest BCUT2D eigenvalue weighted by Crippen LogP contribution is -2.61. The molecule has 188 valence electrons. The number of amides is 2. The van der Waals surface area contributed by atoms with Gasteiger partial charge in [0.25, 0.3) is 5.91 Å². The minimum absolute atomic E-state index is 0.0739. The molecule has 8 nitrogen and oxygen atoms in total. The summed E-state index contributed by atoms with van der Waals surface area (Å²) in [5, 5.41) is 13.2. The first kappa shape index (κ1) is 24.9. The quantitative estimate of drug-likeness (QED) is 0.597. The first-order valence-corrected chi connectivity index (χ1v) is 12.5. The van der Waals surface area contributed by atoms with E-state index in [0.717, 1.165) is 30.9 Å². The average molecular weight is 482 g/mol. The van der Waals surface area contributed by atoms with Gasteiger partial charge in [0, 0.05) is 25.7 Å². The fourth-order valence-electron chi connectivity index (χ4n) is 5.33. The molecule has 0 bridgehead atoms. The minimum atomic E-state index is -1.28. The highest BCUT2D eigenvalue weighted by Gasteiger charge is 2.47. The van der Waals surface area contributed by atoms with Crippen molar-refractivity contribution in [1.82, 2.24) is 15.1 Å².